The number of benzene rings is 1. The highest BCUT2D eigenvalue weighted by Gasteiger charge is 2.46. The minimum absolute atomic E-state index is 0.112. The predicted molar refractivity (Wildman–Crippen MR) is 127 cm³/mol. The third-order valence-electron chi connectivity index (χ3n) is 5.51. The molecule has 3 heterocycles. The molecule has 6 atom stereocenters. The molecular weight excluding hydrogens is 559 g/mol. The zero-order valence-electron chi connectivity index (χ0n) is 19.0. The lowest BCUT2D eigenvalue weighted by atomic mass is 10.1. The Morgan fingerprint density at radius 2 is 1.97 bits per heavy atom. The van der Waals surface area contributed by atoms with E-state index >= 15 is 0 Å². The van der Waals surface area contributed by atoms with Crippen LogP contribution in [0.5, 0.6) is 0 Å². The van der Waals surface area contributed by atoms with Gasteiger partial charge in [-0.05, 0) is 36.2 Å². The summed E-state index contributed by atoms with van der Waals surface area (Å²) in [5.74, 6) is -1.57. The summed E-state index contributed by atoms with van der Waals surface area (Å²) in [6, 6.07) is 5.57. The fraction of sp³-hybridized carbons (Fsp3) is 0.421. The van der Waals surface area contributed by atoms with Crippen LogP contribution in [0, 0.1) is 5.82 Å². The fourth-order valence-electron chi connectivity index (χ4n) is 3.79. The minimum Gasteiger partial charge on any atom is -0.387 e. The Hall–Kier alpha value is -2.03. The molecule has 0 bridgehead atoms. The number of nitrogens with zero attached hydrogens (tertiary/aromatic N) is 4. The smallest absolute Gasteiger partial charge is 0.340 e. The van der Waals surface area contributed by atoms with Gasteiger partial charge in [0, 0.05) is 0 Å². The molecule has 4 rings (SSSR count). The predicted octanol–water partition coefficient (Wildman–Crippen LogP) is 1.75. The van der Waals surface area contributed by atoms with Crippen LogP contribution in [0.4, 0.5) is 10.2 Å². The number of nitrogens with one attached hydrogen (secondary N) is 1. The van der Waals surface area contributed by atoms with Gasteiger partial charge >= 0.3 is 15.2 Å². The number of fused-ring (bicyclic) bond motifs is 1. The lowest BCUT2D eigenvalue weighted by molar-refractivity contribution is -0.0541. The van der Waals surface area contributed by atoms with Crippen LogP contribution >= 0.6 is 26.8 Å². The highest BCUT2D eigenvalue weighted by atomic mass is 35.5. The summed E-state index contributed by atoms with van der Waals surface area (Å²) < 4.78 is 48.0. The van der Waals surface area contributed by atoms with Gasteiger partial charge in [-0.15, -0.1) is 0 Å². The van der Waals surface area contributed by atoms with Crippen molar-refractivity contribution in [1.29, 1.82) is 0 Å². The quantitative estimate of drug-likeness (QED) is 0.157. The van der Waals surface area contributed by atoms with E-state index in [1.807, 2.05) is 0 Å². The maximum Gasteiger partial charge on any atom is 0.340 e. The molecule has 6 N–H and O–H groups in total. The van der Waals surface area contributed by atoms with E-state index in [9.17, 15) is 28.6 Å². The van der Waals surface area contributed by atoms with Crippen LogP contribution in [0.15, 0.2) is 30.5 Å². The maximum absolute atomic E-state index is 13.6. The minimum atomic E-state index is -4.85. The summed E-state index contributed by atoms with van der Waals surface area (Å²) in [5.41, 5.74) is 0.747. The average Bonchev–Trinajstić information content (AvgIpc) is 3.32. The van der Waals surface area contributed by atoms with Gasteiger partial charge in [0.05, 0.1) is 24.2 Å². The van der Waals surface area contributed by atoms with Gasteiger partial charge < -0.3 is 39.5 Å². The van der Waals surface area contributed by atoms with Gasteiger partial charge in [0.1, 0.15) is 29.9 Å². The second kappa shape index (κ2) is 10.6. The number of anilines is 1. The van der Waals surface area contributed by atoms with Crippen LogP contribution in [0.3, 0.4) is 0 Å². The number of ether oxygens (including phenoxy) is 1. The molecule has 1 unspecified atom stereocenters. The molecule has 0 spiro atoms. The Bertz CT molecular complexity index is 1390. The third kappa shape index (κ3) is 6.52. The molecule has 1 aliphatic heterocycles. The van der Waals surface area contributed by atoms with E-state index in [-0.39, 0.29) is 16.7 Å². The molecule has 0 amide bonds. The number of halogens is 2. The summed E-state index contributed by atoms with van der Waals surface area (Å²) in [7, 11) is -9.57. The second-order valence-corrected chi connectivity index (χ2v) is 12.7. The molecule has 1 aromatic carbocycles. The van der Waals surface area contributed by atoms with Crippen LogP contribution in [-0.4, -0.2) is 75.5 Å². The van der Waals surface area contributed by atoms with Crippen LogP contribution < -0.4 is 5.32 Å². The van der Waals surface area contributed by atoms with Crippen LogP contribution in [0.1, 0.15) is 24.8 Å². The van der Waals surface area contributed by atoms with Crippen LogP contribution in [0.2, 0.25) is 5.28 Å². The SMILES string of the molecule is C[C@H](Nc1nc(Cl)nc2c1cnn2[C@@H]1O[C@H](COP(=O)(O)CP(=O)(O)O)[C@@H](O)[C@H]1O)c1cccc(F)c1. The highest BCUT2D eigenvalue weighted by molar-refractivity contribution is 7.70. The van der Waals surface area contributed by atoms with E-state index in [0.717, 1.165) is 4.68 Å². The molecule has 2 aromatic heterocycles. The highest BCUT2D eigenvalue weighted by Crippen LogP contribution is 2.55. The molecule has 1 saturated heterocycles. The first-order valence-corrected chi connectivity index (χ1v) is 14.6. The molecule has 0 radical (unpaired) electrons. The summed E-state index contributed by atoms with van der Waals surface area (Å²) >= 11 is 6.10. The zero-order chi connectivity index (χ0) is 27.1. The van der Waals surface area contributed by atoms with Gasteiger partial charge in [-0.2, -0.15) is 15.1 Å². The molecule has 0 saturated carbocycles. The lowest BCUT2D eigenvalue weighted by Gasteiger charge is -2.18. The van der Waals surface area contributed by atoms with Gasteiger partial charge in [-0.3, -0.25) is 9.13 Å². The fourth-order valence-corrected chi connectivity index (χ4v) is 6.53. The second-order valence-electron chi connectivity index (χ2n) is 8.37. The van der Waals surface area contributed by atoms with E-state index in [2.05, 4.69) is 20.4 Å². The number of hydrogen-bond acceptors (Lipinski definition) is 10. The van der Waals surface area contributed by atoms with Gasteiger partial charge in [-0.25, -0.2) is 9.07 Å². The topological polar surface area (TPSA) is 209 Å². The van der Waals surface area contributed by atoms with Crippen molar-refractivity contribution < 1.29 is 47.7 Å². The normalized spacial score (nSPS) is 24.8. The molecule has 1 fully saturated rings. The van der Waals surface area contributed by atoms with E-state index in [4.69, 9.17) is 30.6 Å². The Labute approximate surface area is 213 Å². The number of aliphatic hydroxyl groups excluding tert-OH is 2. The van der Waals surface area contributed by atoms with Gasteiger partial charge in [0.2, 0.25) is 5.28 Å². The van der Waals surface area contributed by atoms with Crippen molar-refractivity contribution in [2.75, 3.05) is 17.8 Å². The van der Waals surface area contributed by atoms with E-state index in [1.165, 1.54) is 18.3 Å². The summed E-state index contributed by atoms with van der Waals surface area (Å²) in [5, 5.41) is 28.4. The maximum atomic E-state index is 13.6. The van der Waals surface area contributed by atoms with E-state index in [1.54, 1.807) is 19.1 Å². The number of rotatable bonds is 9. The molecule has 202 valence electrons. The van der Waals surface area contributed by atoms with Gasteiger partial charge in [0.25, 0.3) is 0 Å². The Morgan fingerprint density at radius 3 is 2.65 bits per heavy atom. The molecule has 0 aliphatic carbocycles. The molecule has 14 nitrogen and oxygen atoms in total. The molecule has 18 heteroatoms. The molecule has 1 aliphatic rings. The summed E-state index contributed by atoms with van der Waals surface area (Å²) in [6.07, 6.45) is -4.52. The van der Waals surface area contributed by atoms with Crippen molar-refractivity contribution in [3.63, 3.8) is 0 Å². The monoisotopic (exact) mass is 581 g/mol. The average molecular weight is 582 g/mol. The van der Waals surface area contributed by atoms with Crippen molar-refractivity contribution in [2.24, 2.45) is 0 Å². The molecule has 37 heavy (non-hydrogen) atoms. The Morgan fingerprint density at radius 1 is 1.24 bits per heavy atom. The number of aromatic nitrogens is 4. The van der Waals surface area contributed by atoms with Crippen molar-refractivity contribution >= 4 is 43.6 Å². The third-order valence-corrected chi connectivity index (χ3v) is 9.14. The Kier molecular flexibility index (Phi) is 8.03. The molecular formula is C19H23ClFN5O9P2. The van der Waals surface area contributed by atoms with Gasteiger partial charge in [-0.1, -0.05) is 12.1 Å². The number of hydrogen-bond donors (Lipinski definition) is 6. The van der Waals surface area contributed by atoms with Crippen molar-refractivity contribution in [3.8, 4) is 0 Å². The van der Waals surface area contributed by atoms with Crippen molar-refractivity contribution in [3.05, 3.63) is 47.1 Å². The van der Waals surface area contributed by atoms with E-state index in [0.29, 0.717) is 10.9 Å². The van der Waals surface area contributed by atoms with Crippen LogP contribution in [0.25, 0.3) is 11.0 Å². The Balaban J connectivity index is 1.55. The first-order valence-electron chi connectivity index (χ1n) is 10.7. The van der Waals surface area contributed by atoms with Crippen molar-refractivity contribution in [2.45, 2.75) is 37.5 Å². The largest absolute Gasteiger partial charge is 0.387 e. The van der Waals surface area contributed by atoms with E-state index < -0.39 is 64.1 Å². The first-order chi connectivity index (χ1) is 17.2. The number of aliphatic hydroxyl groups is 2. The zero-order valence-corrected chi connectivity index (χ0v) is 21.5. The summed E-state index contributed by atoms with van der Waals surface area (Å²) in [4.78, 5) is 35.7. The summed E-state index contributed by atoms with van der Waals surface area (Å²) in [6.45, 7) is 1.02. The first kappa shape index (κ1) is 28.0. The van der Waals surface area contributed by atoms with Gasteiger partial charge in [0.15, 0.2) is 17.8 Å². The lowest BCUT2D eigenvalue weighted by Crippen LogP contribution is -2.33. The standard InChI is InChI=1S/C19H23ClFN5O9P2/c1-9(10-3-2-4-11(21)5-10)23-16-12-6-22-26(17(12)25-19(20)24-16)18-15(28)14(27)13(35-18)7-34-37(32,33)8-36(29,30)31/h2-6,9,13-15,18,27-28H,7-8H2,1H3,(H,32,33)(H,23,24,25)(H2,29,30,31)/t9-,13+,14+,15+,18+/m0/s1. The van der Waals surface area contributed by atoms with Crippen LogP contribution in [-0.2, 0) is 18.4 Å². The molecule has 3 aromatic rings. The van der Waals surface area contributed by atoms with Crippen molar-refractivity contribution in [1.82, 2.24) is 19.7 Å².